The van der Waals surface area contributed by atoms with Crippen LogP contribution in [0.3, 0.4) is 0 Å². The second kappa shape index (κ2) is 10.4. The Hall–Kier alpha value is -6.64. The van der Waals surface area contributed by atoms with Crippen molar-refractivity contribution < 1.29 is 8.83 Å². The van der Waals surface area contributed by atoms with E-state index in [-0.39, 0.29) is 0 Å². The second-order valence-corrected chi connectivity index (χ2v) is 13.2. The number of hydrogen-bond acceptors (Lipinski definition) is 2. The Balaban J connectivity index is 1.32. The first kappa shape index (κ1) is 27.3. The van der Waals surface area contributed by atoms with Crippen molar-refractivity contribution in [1.29, 1.82) is 0 Å². The molecule has 11 aromatic rings. The van der Waals surface area contributed by atoms with Crippen LogP contribution in [0.15, 0.2) is 179 Å². The summed E-state index contributed by atoms with van der Waals surface area (Å²) < 4.78 is 13.5. The third kappa shape index (κ3) is 3.85. The molecular weight excluding hydrogens is 609 g/mol. The van der Waals surface area contributed by atoms with Crippen LogP contribution < -0.4 is 0 Å². The van der Waals surface area contributed by atoms with Crippen molar-refractivity contribution in [2.24, 2.45) is 0 Å². The molecule has 2 aromatic heterocycles. The van der Waals surface area contributed by atoms with Crippen LogP contribution in [0.1, 0.15) is 0 Å². The molecule has 0 aliphatic carbocycles. The van der Waals surface area contributed by atoms with Crippen LogP contribution in [0, 0.1) is 0 Å². The Bertz CT molecular complexity index is 3080. The molecule has 0 aliphatic heterocycles. The molecule has 0 fully saturated rings. The summed E-state index contributed by atoms with van der Waals surface area (Å²) in [4.78, 5) is 0. The molecule has 9 aromatic carbocycles. The van der Waals surface area contributed by atoms with E-state index in [1.54, 1.807) is 0 Å². The van der Waals surface area contributed by atoms with Gasteiger partial charge in [0.2, 0.25) is 0 Å². The molecule has 2 heterocycles. The van der Waals surface area contributed by atoms with Crippen LogP contribution in [0.5, 0.6) is 0 Å². The first-order valence-corrected chi connectivity index (χ1v) is 17.1. The highest BCUT2D eigenvalue weighted by Gasteiger charge is 2.24. The highest BCUT2D eigenvalue weighted by molar-refractivity contribution is 6.28. The van der Waals surface area contributed by atoms with Crippen LogP contribution in [0.25, 0.3) is 110 Å². The summed E-state index contributed by atoms with van der Waals surface area (Å²) in [6.45, 7) is 0. The van der Waals surface area contributed by atoms with Gasteiger partial charge in [0.15, 0.2) is 0 Å². The van der Waals surface area contributed by atoms with Crippen LogP contribution in [-0.4, -0.2) is 0 Å². The van der Waals surface area contributed by atoms with E-state index < -0.39 is 0 Å². The summed E-state index contributed by atoms with van der Waals surface area (Å²) in [5.74, 6) is 0.822. The van der Waals surface area contributed by atoms with Crippen molar-refractivity contribution >= 4 is 76.0 Å². The minimum absolute atomic E-state index is 0.822. The van der Waals surface area contributed by atoms with Crippen molar-refractivity contribution in [3.8, 4) is 33.6 Å². The largest absolute Gasteiger partial charge is 0.455 e. The SMILES string of the molecule is c1ccc(-c2cc3c(o2)c(-c2c4ccccc4c(-c4cc5ccccc5c5ccccc45)c4ccccc24)cc2c4ccccc4oc32)cc1. The second-order valence-electron chi connectivity index (χ2n) is 13.2. The maximum Gasteiger partial charge on any atom is 0.146 e. The molecule has 0 bridgehead atoms. The molecule has 2 nitrogen and oxygen atoms in total. The maximum absolute atomic E-state index is 6.90. The van der Waals surface area contributed by atoms with Gasteiger partial charge in [0.05, 0.1) is 5.39 Å². The topological polar surface area (TPSA) is 26.3 Å². The van der Waals surface area contributed by atoms with Crippen molar-refractivity contribution in [2.45, 2.75) is 0 Å². The molecule has 0 saturated heterocycles. The van der Waals surface area contributed by atoms with Gasteiger partial charge in [0, 0.05) is 27.5 Å². The van der Waals surface area contributed by atoms with Gasteiger partial charge in [-0.2, -0.15) is 0 Å². The monoisotopic (exact) mass is 636 g/mol. The van der Waals surface area contributed by atoms with Gasteiger partial charge in [-0.1, -0.05) is 146 Å². The molecule has 232 valence electrons. The summed E-state index contributed by atoms with van der Waals surface area (Å²) in [6.07, 6.45) is 0. The molecule has 0 atom stereocenters. The minimum Gasteiger partial charge on any atom is -0.455 e. The van der Waals surface area contributed by atoms with Gasteiger partial charge in [-0.15, -0.1) is 0 Å². The summed E-state index contributed by atoms with van der Waals surface area (Å²) in [5.41, 5.74) is 8.29. The Morgan fingerprint density at radius 2 is 0.840 bits per heavy atom. The molecule has 0 radical (unpaired) electrons. The van der Waals surface area contributed by atoms with Crippen LogP contribution in [0.2, 0.25) is 0 Å². The van der Waals surface area contributed by atoms with Gasteiger partial charge in [-0.05, 0) is 78.5 Å². The number of para-hydroxylation sites is 1. The lowest BCUT2D eigenvalue weighted by Crippen LogP contribution is -1.92. The highest BCUT2D eigenvalue weighted by atomic mass is 16.3. The van der Waals surface area contributed by atoms with E-state index >= 15 is 0 Å². The van der Waals surface area contributed by atoms with Crippen molar-refractivity contribution in [1.82, 2.24) is 0 Å². The molecule has 0 spiro atoms. The number of fused-ring (bicyclic) bond motifs is 10. The van der Waals surface area contributed by atoms with E-state index in [1.165, 1.54) is 54.2 Å². The van der Waals surface area contributed by atoms with E-state index in [0.717, 1.165) is 55.4 Å². The number of furan rings is 2. The summed E-state index contributed by atoms with van der Waals surface area (Å²) in [5, 5.41) is 13.0. The lowest BCUT2D eigenvalue weighted by Gasteiger charge is -2.19. The average molecular weight is 637 g/mol. The molecular formula is C48H28O2. The zero-order valence-corrected chi connectivity index (χ0v) is 27.0. The Kier molecular flexibility index (Phi) is 5.70. The van der Waals surface area contributed by atoms with Crippen molar-refractivity contribution in [3.05, 3.63) is 170 Å². The van der Waals surface area contributed by atoms with E-state index in [9.17, 15) is 0 Å². The number of benzene rings is 9. The van der Waals surface area contributed by atoms with Gasteiger partial charge >= 0.3 is 0 Å². The molecule has 50 heavy (non-hydrogen) atoms. The van der Waals surface area contributed by atoms with E-state index in [4.69, 9.17) is 8.83 Å². The average Bonchev–Trinajstić information content (AvgIpc) is 3.80. The standard InChI is InChI=1S/C48H28O2/c1-2-14-29(15-3-1)44-28-42-47-40(34-20-12-13-25-43(34)49-47)27-41(48(42)50-44)46-37-23-10-8-21-35(37)45(36-22-9-11-24-38(36)46)39-26-30-16-4-5-17-31(30)32-18-6-7-19-33(32)39/h1-28H. The lowest BCUT2D eigenvalue weighted by molar-refractivity contribution is 0.632. The fraction of sp³-hybridized carbons (Fsp3) is 0. The molecule has 0 saturated carbocycles. The fourth-order valence-corrected chi connectivity index (χ4v) is 8.28. The molecule has 11 rings (SSSR count). The first-order valence-electron chi connectivity index (χ1n) is 17.1. The zero-order valence-electron chi connectivity index (χ0n) is 27.0. The zero-order chi connectivity index (χ0) is 32.8. The summed E-state index contributed by atoms with van der Waals surface area (Å²) in [7, 11) is 0. The minimum atomic E-state index is 0.822. The fourth-order valence-electron chi connectivity index (χ4n) is 8.28. The summed E-state index contributed by atoms with van der Waals surface area (Å²) in [6, 6.07) is 60.8. The Labute approximate surface area is 287 Å². The van der Waals surface area contributed by atoms with Crippen LogP contribution in [0.4, 0.5) is 0 Å². The van der Waals surface area contributed by atoms with Crippen molar-refractivity contribution in [2.75, 3.05) is 0 Å². The van der Waals surface area contributed by atoms with E-state index in [2.05, 4.69) is 152 Å². The lowest BCUT2D eigenvalue weighted by atomic mass is 9.83. The normalized spacial score (nSPS) is 12.0. The first-order chi connectivity index (χ1) is 24.8. The van der Waals surface area contributed by atoms with Gasteiger partial charge in [0.1, 0.15) is 22.5 Å². The molecule has 0 amide bonds. The molecule has 0 N–H and O–H groups in total. The number of rotatable bonds is 3. The third-order valence-corrected chi connectivity index (χ3v) is 10.4. The van der Waals surface area contributed by atoms with Gasteiger partial charge in [-0.3, -0.25) is 0 Å². The van der Waals surface area contributed by atoms with E-state index in [0.29, 0.717) is 0 Å². The molecule has 0 aliphatic rings. The van der Waals surface area contributed by atoms with Gasteiger partial charge in [-0.25, -0.2) is 0 Å². The van der Waals surface area contributed by atoms with Gasteiger partial charge < -0.3 is 8.83 Å². The maximum atomic E-state index is 6.90. The number of hydrogen-bond donors (Lipinski definition) is 0. The highest BCUT2D eigenvalue weighted by Crippen LogP contribution is 2.50. The third-order valence-electron chi connectivity index (χ3n) is 10.4. The Morgan fingerprint density at radius 3 is 1.54 bits per heavy atom. The smallest absolute Gasteiger partial charge is 0.146 e. The predicted octanol–water partition coefficient (Wildman–Crippen LogP) is 13.9. The summed E-state index contributed by atoms with van der Waals surface area (Å²) >= 11 is 0. The van der Waals surface area contributed by atoms with Crippen molar-refractivity contribution in [3.63, 3.8) is 0 Å². The molecule has 2 heteroatoms. The molecule has 0 unspecified atom stereocenters. The van der Waals surface area contributed by atoms with Crippen LogP contribution >= 0.6 is 0 Å². The van der Waals surface area contributed by atoms with Gasteiger partial charge in [0.25, 0.3) is 0 Å². The van der Waals surface area contributed by atoms with E-state index in [1.807, 2.05) is 18.2 Å². The van der Waals surface area contributed by atoms with Crippen LogP contribution in [-0.2, 0) is 0 Å². The Morgan fingerprint density at radius 1 is 0.300 bits per heavy atom. The quantitative estimate of drug-likeness (QED) is 0.142. The predicted molar refractivity (Wildman–Crippen MR) is 210 cm³/mol.